The highest BCUT2D eigenvalue weighted by Crippen LogP contribution is 2.22. The minimum absolute atomic E-state index is 0.0343. The van der Waals surface area contributed by atoms with E-state index in [2.05, 4.69) is 0 Å². The smallest absolute Gasteiger partial charge is 0.293 e. The first-order valence-corrected chi connectivity index (χ1v) is 5.88. The van der Waals surface area contributed by atoms with Crippen LogP contribution in [0, 0.1) is 5.92 Å². The summed E-state index contributed by atoms with van der Waals surface area (Å²) in [6, 6.07) is 9.52. The Hall–Kier alpha value is -1.55. The van der Waals surface area contributed by atoms with E-state index in [1.165, 1.54) is 0 Å². The zero-order valence-corrected chi connectivity index (χ0v) is 11.1. The SMILES string of the molecule is COCC(COc1ccccc1)C(C)(C)OC=O. The van der Waals surface area contributed by atoms with E-state index >= 15 is 0 Å². The Bertz CT molecular complexity index is 348. The molecule has 18 heavy (non-hydrogen) atoms. The van der Waals surface area contributed by atoms with Crippen LogP contribution in [0.3, 0.4) is 0 Å². The van der Waals surface area contributed by atoms with Gasteiger partial charge >= 0.3 is 0 Å². The standard InChI is InChI=1S/C14H20O4/c1-14(2,18-11-15)12(9-16-3)10-17-13-7-5-4-6-8-13/h4-8,11-12H,9-10H2,1-3H3. The molecule has 0 N–H and O–H groups in total. The lowest BCUT2D eigenvalue weighted by molar-refractivity contribution is -0.149. The van der Waals surface area contributed by atoms with Gasteiger partial charge in [0.15, 0.2) is 0 Å². The van der Waals surface area contributed by atoms with E-state index in [1.54, 1.807) is 7.11 Å². The minimum atomic E-state index is -0.619. The van der Waals surface area contributed by atoms with Crippen molar-refractivity contribution in [1.82, 2.24) is 0 Å². The van der Waals surface area contributed by atoms with Gasteiger partial charge in [0, 0.05) is 7.11 Å². The zero-order chi connectivity index (χ0) is 13.4. The van der Waals surface area contributed by atoms with Crippen LogP contribution < -0.4 is 4.74 Å². The molecule has 0 radical (unpaired) electrons. The molecule has 4 nitrogen and oxygen atoms in total. The number of carbonyl (C=O) groups excluding carboxylic acids is 1. The molecule has 0 aliphatic rings. The molecule has 0 amide bonds. The van der Waals surface area contributed by atoms with Crippen LogP contribution in [0.4, 0.5) is 0 Å². The summed E-state index contributed by atoms with van der Waals surface area (Å²) in [5.74, 6) is 0.758. The highest BCUT2D eigenvalue weighted by molar-refractivity contribution is 5.38. The van der Waals surface area contributed by atoms with Gasteiger partial charge in [0.1, 0.15) is 11.4 Å². The summed E-state index contributed by atoms with van der Waals surface area (Å²) >= 11 is 0. The van der Waals surface area contributed by atoms with Crippen molar-refractivity contribution in [3.05, 3.63) is 30.3 Å². The average Bonchev–Trinajstić information content (AvgIpc) is 2.35. The molecule has 0 aliphatic heterocycles. The second kappa shape index (κ2) is 7.01. The lowest BCUT2D eigenvalue weighted by Crippen LogP contribution is -2.40. The maximum Gasteiger partial charge on any atom is 0.293 e. The largest absolute Gasteiger partial charge is 0.493 e. The highest BCUT2D eigenvalue weighted by Gasteiger charge is 2.32. The van der Waals surface area contributed by atoms with Gasteiger partial charge < -0.3 is 14.2 Å². The number of carbonyl (C=O) groups is 1. The molecule has 1 aromatic carbocycles. The number of hydrogen-bond acceptors (Lipinski definition) is 4. The normalized spacial score (nSPS) is 12.8. The number of benzene rings is 1. The molecular formula is C14H20O4. The Morgan fingerprint density at radius 1 is 1.22 bits per heavy atom. The van der Waals surface area contributed by atoms with Gasteiger partial charge in [-0.1, -0.05) is 18.2 Å². The molecule has 0 saturated heterocycles. The molecule has 1 unspecified atom stereocenters. The van der Waals surface area contributed by atoms with Crippen LogP contribution in [0.25, 0.3) is 0 Å². The molecule has 4 heteroatoms. The number of para-hydroxylation sites is 1. The van der Waals surface area contributed by atoms with Crippen LogP contribution in [-0.2, 0) is 14.3 Å². The summed E-state index contributed by atoms with van der Waals surface area (Å²) in [7, 11) is 1.62. The third-order valence-electron chi connectivity index (χ3n) is 2.90. The maximum atomic E-state index is 10.5. The fourth-order valence-corrected chi connectivity index (χ4v) is 1.58. The van der Waals surface area contributed by atoms with E-state index < -0.39 is 5.60 Å². The first-order valence-electron chi connectivity index (χ1n) is 5.88. The van der Waals surface area contributed by atoms with Crippen molar-refractivity contribution >= 4 is 6.47 Å². The molecule has 0 aliphatic carbocycles. The maximum absolute atomic E-state index is 10.5. The van der Waals surface area contributed by atoms with Crippen LogP contribution in [0.2, 0.25) is 0 Å². The van der Waals surface area contributed by atoms with Gasteiger partial charge in [-0.3, -0.25) is 4.79 Å². The lowest BCUT2D eigenvalue weighted by atomic mass is 9.92. The van der Waals surface area contributed by atoms with E-state index in [0.717, 1.165) is 5.75 Å². The Morgan fingerprint density at radius 2 is 1.89 bits per heavy atom. The Morgan fingerprint density at radius 3 is 2.44 bits per heavy atom. The third-order valence-corrected chi connectivity index (χ3v) is 2.90. The first-order chi connectivity index (χ1) is 8.60. The average molecular weight is 252 g/mol. The molecular weight excluding hydrogens is 232 g/mol. The van der Waals surface area contributed by atoms with Crippen LogP contribution in [0.1, 0.15) is 13.8 Å². The number of methoxy groups -OCH3 is 1. The second-order valence-corrected chi connectivity index (χ2v) is 4.59. The molecule has 0 saturated carbocycles. The van der Waals surface area contributed by atoms with Crippen molar-refractivity contribution in [3.8, 4) is 5.75 Å². The summed E-state index contributed by atoms with van der Waals surface area (Å²) < 4.78 is 15.9. The van der Waals surface area contributed by atoms with Gasteiger partial charge in [0.25, 0.3) is 6.47 Å². The molecule has 1 rings (SSSR count). The number of ether oxygens (including phenoxy) is 3. The molecule has 1 aromatic rings. The minimum Gasteiger partial charge on any atom is -0.493 e. The first kappa shape index (κ1) is 14.5. The van der Waals surface area contributed by atoms with Crippen LogP contribution in [0.5, 0.6) is 5.75 Å². The number of hydrogen-bond donors (Lipinski definition) is 0. The predicted molar refractivity (Wildman–Crippen MR) is 68.5 cm³/mol. The van der Waals surface area contributed by atoms with Crippen molar-refractivity contribution in [3.63, 3.8) is 0 Å². The fraction of sp³-hybridized carbons (Fsp3) is 0.500. The van der Waals surface area contributed by atoms with Crippen molar-refractivity contribution in [1.29, 1.82) is 0 Å². The molecule has 0 fully saturated rings. The van der Waals surface area contributed by atoms with E-state index in [4.69, 9.17) is 14.2 Å². The van der Waals surface area contributed by atoms with Gasteiger partial charge in [-0.05, 0) is 26.0 Å². The molecule has 0 bridgehead atoms. The van der Waals surface area contributed by atoms with Crippen molar-refractivity contribution < 1.29 is 19.0 Å². The molecule has 100 valence electrons. The van der Waals surface area contributed by atoms with Gasteiger partial charge in [0.05, 0.1) is 19.1 Å². The molecule has 0 spiro atoms. The molecule has 0 heterocycles. The van der Waals surface area contributed by atoms with Gasteiger partial charge in [-0.15, -0.1) is 0 Å². The van der Waals surface area contributed by atoms with E-state index in [-0.39, 0.29) is 5.92 Å². The zero-order valence-electron chi connectivity index (χ0n) is 11.1. The predicted octanol–water partition coefficient (Wildman–Crippen LogP) is 2.28. The van der Waals surface area contributed by atoms with Crippen LogP contribution in [0.15, 0.2) is 30.3 Å². The lowest BCUT2D eigenvalue weighted by Gasteiger charge is -2.31. The Balaban J connectivity index is 2.60. The van der Waals surface area contributed by atoms with Crippen molar-refractivity contribution in [2.45, 2.75) is 19.4 Å². The summed E-state index contributed by atoms with van der Waals surface area (Å²) in [5.41, 5.74) is -0.619. The number of rotatable bonds is 8. The summed E-state index contributed by atoms with van der Waals surface area (Å²) in [6.45, 7) is 5.05. The van der Waals surface area contributed by atoms with Crippen LogP contribution in [-0.4, -0.2) is 32.4 Å². The van der Waals surface area contributed by atoms with Crippen LogP contribution >= 0.6 is 0 Å². The Labute approximate surface area is 108 Å². The van der Waals surface area contributed by atoms with Gasteiger partial charge in [-0.2, -0.15) is 0 Å². The fourth-order valence-electron chi connectivity index (χ4n) is 1.58. The van der Waals surface area contributed by atoms with E-state index in [0.29, 0.717) is 19.7 Å². The topological polar surface area (TPSA) is 44.8 Å². The molecule has 1 atom stereocenters. The second-order valence-electron chi connectivity index (χ2n) is 4.59. The van der Waals surface area contributed by atoms with E-state index in [1.807, 2.05) is 44.2 Å². The van der Waals surface area contributed by atoms with Gasteiger partial charge in [0.2, 0.25) is 0 Å². The van der Waals surface area contributed by atoms with Gasteiger partial charge in [-0.25, -0.2) is 0 Å². The highest BCUT2D eigenvalue weighted by atomic mass is 16.5. The monoisotopic (exact) mass is 252 g/mol. The summed E-state index contributed by atoms with van der Waals surface area (Å²) in [6.07, 6.45) is 0. The van der Waals surface area contributed by atoms with Crippen molar-refractivity contribution in [2.75, 3.05) is 20.3 Å². The summed E-state index contributed by atoms with van der Waals surface area (Å²) in [5, 5.41) is 0. The third kappa shape index (κ3) is 4.37. The quantitative estimate of drug-likeness (QED) is 0.666. The van der Waals surface area contributed by atoms with Crippen molar-refractivity contribution in [2.24, 2.45) is 5.92 Å². The molecule has 0 aromatic heterocycles. The van der Waals surface area contributed by atoms with E-state index in [9.17, 15) is 4.79 Å². The Kier molecular flexibility index (Phi) is 5.65. The summed E-state index contributed by atoms with van der Waals surface area (Å²) in [4.78, 5) is 10.5.